The first kappa shape index (κ1) is 14.6. The molecule has 4 heteroatoms. The average Bonchev–Trinajstić information content (AvgIpc) is 2.58. The number of benzene rings is 2. The zero-order chi connectivity index (χ0) is 15.4. The number of hydrogen-bond donors (Lipinski definition) is 0. The minimum atomic E-state index is -0.0301. The second-order valence-electron chi connectivity index (χ2n) is 4.92. The summed E-state index contributed by atoms with van der Waals surface area (Å²) in [6.07, 6.45) is 0. The molecule has 0 radical (unpaired) electrons. The molecule has 1 heterocycles. The van der Waals surface area contributed by atoms with Gasteiger partial charge in [0.25, 0.3) is 5.56 Å². The van der Waals surface area contributed by atoms with Gasteiger partial charge in [-0.25, -0.2) is 4.98 Å². The second kappa shape index (κ2) is 6.62. The summed E-state index contributed by atoms with van der Waals surface area (Å²) >= 11 is 1.68. The van der Waals surface area contributed by atoms with Crippen LogP contribution in [0.25, 0.3) is 11.3 Å². The van der Waals surface area contributed by atoms with Crippen LogP contribution >= 0.6 is 11.8 Å². The SMILES string of the molecule is Cn1c(CSc2ccccc2)nc(-c2ccccc2)cc1=O. The van der Waals surface area contributed by atoms with Gasteiger partial charge in [-0.05, 0) is 12.1 Å². The monoisotopic (exact) mass is 308 g/mol. The van der Waals surface area contributed by atoms with E-state index in [1.807, 2.05) is 48.5 Å². The molecule has 0 aliphatic rings. The molecule has 0 fully saturated rings. The molecule has 0 bridgehead atoms. The zero-order valence-electron chi connectivity index (χ0n) is 12.3. The first-order chi connectivity index (χ1) is 10.7. The molecule has 0 atom stereocenters. The summed E-state index contributed by atoms with van der Waals surface area (Å²) < 4.78 is 1.61. The van der Waals surface area contributed by atoms with Gasteiger partial charge < -0.3 is 0 Å². The standard InChI is InChI=1S/C18H16N2OS/c1-20-17(13-22-15-10-6-3-7-11-15)19-16(12-18(20)21)14-8-4-2-5-9-14/h2-12H,13H2,1H3. The van der Waals surface area contributed by atoms with E-state index >= 15 is 0 Å². The molecule has 0 aliphatic heterocycles. The Morgan fingerprint density at radius 3 is 2.32 bits per heavy atom. The molecule has 110 valence electrons. The first-order valence-electron chi connectivity index (χ1n) is 7.04. The van der Waals surface area contributed by atoms with Crippen molar-refractivity contribution in [3.05, 3.63) is 82.9 Å². The lowest BCUT2D eigenvalue weighted by atomic mass is 10.1. The van der Waals surface area contributed by atoms with E-state index in [0.717, 1.165) is 17.1 Å². The van der Waals surface area contributed by atoms with Crippen LogP contribution in [0.2, 0.25) is 0 Å². The van der Waals surface area contributed by atoms with Crippen LogP contribution in [0.5, 0.6) is 0 Å². The maximum atomic E-state index is 12.2. The van der Waals surface area contributed by atoms with Crippen molar-refractivity contribution in [3.63, 3.8) is 0 Å². The van der Waals surface area contributed by atoms with Crippen LogP contribution in [0.1, 0.15) is 5.82 Å². The third-order valence-electron chi connectivity index (χ3n) is 3.41. The van der Waals surface area contributed by atoms with Crippen LogP contribution in [-0.4, -0.2) is 9.55 Å². The van der Waals surface area contributed by atoms with Gasteiger partial charge in [0.15, 0.2) is 0 Å². The van der Waals surface area contributed by atoms with E-state index in [1.165, 1.54) is 4.90 Å². The highest BCUT2D eigenvalue weighted by molar-refractivity contribution is 7.98. The van der Waals surface area contributed by atoms with Crippen LogP contribution in [-0.2, 0) is 12.8 Å². The Balaban J connectivity index is 1.91. The number of thioether (sulfide) groups is 1. The van der Waals surface area contributed by atoms with E-state index in [9.17, 15) is 4.79 Å². The highest BCUT2D eigenvalue weighted by Crippen LogP contribution is 2.22. The Kier molecular flexibility index (Phi) is 4.39. The van der Waals surface area contributed by atoms with E-state index < -0.39 is 0 Å². The van der Waals surface area contributed by atoms with E-state index in [-0.39, 0.29) is 5.56 Å². The molecular weight excluding hydrogens is 292 g/mol. The summed E-state index contributed by atoms with van der Waals surface area (Å²) in [5.41, 5.74) is 1.66. The van der Waals surface area contributed by atoms with Crippen LogP contribution in [0.4, 0.5) is 0 Å². The normalized spacial score (nSPS) is 10.6. The zero-order valence-corrected chi connectivity index (χ0v) is 13.1. The molecule has 3 rings (SSSR count). The maximum absolute atomic E-state index is 12.2. The van der Waals surface area contributed by atoms with E-state index in [2.05, 4.69) is 17.1 Å². The van der Waals surface area contributed by atoms with Gasteiger partial charge in [0.1, 0.15) is 5.82 Å². The van der Waals surface area contributed by atoms with E-state index in [4.69, 9.17) is 0 Å². The molecule has 3 aromatic rings. The quantitative estimate of drug-likeness (QED) is 0.689. The number of hydrogen-bond acceptors (Lipinski definition) is 3. The Hall–Kier alpha value is -2.33. The minimum absolute atomic E-state index is 0.0301. The molecule has 0 spiro atoms. The van der Waals surface area contributed by atoms with Crippen molar-refractivity contribution in [1.82, 2.24) is 9.55 Å². The summed E-state index contributed by atoms with van der Waals surface area (Å²) in [4.78, 5) is 18.0. The van der Waals surface area contributed by atoms with Crippen molar-refractivity contribution in [2.24, 2.45) is 7.05 Å². The third-order valence-corrected chi connectivity index (χ3v) is 4.42. The number of rotatable bonds is 4. The van der Waals surface area contributed by atoms with Crippen LogP contribution in [0.3, 0.4) is 0 Å². The number of nitrogens with zero attached hydrogens (tertiary/aromatic N) is 2. The fourth-order valence-electron chi connectivity index (χ4n) is 2.14. The summed E-state index contributed by atoms with van der Waals surface area (Å²) in [6, 6.07) is 21.5. The Bertz CT molecular complexity index is 813. The lowest BCUT2D eigenvalue weighted by molar-refractivity contribution is 0.770. The van der Waals surface area contributed by atoms with Gasteiger partial charge in [0.05, 0.1) is 11.4 Å². The molecule has 2 aromatic carbocycles. The molecule has 0 aliphatic carbocycles. The van der Waals surface area contributed by atoms with Crippen molar-refractivity contribution < 1.29 is 0 Å². The van der Waals surface area contributed by atoms with Gasteiger partial charge in [-0.3, -0.25) is 9.36 Å². The fraction of sp³-hybridized carbons (Fsp3) is 0.111. The molecule has 0 saturated carbocycles. The predicted molar refractivity (Wildman–Crippen MR) is 90.9 cm³/mol. The van der Waals surface area contributed by atoms with Gasteiger partial charge >= 0.3 is 0 Å². The Morgan fingerprint density at radius 2 is 1.64 bits per heavy atom. The topological polar surface area (TPSA) is 34.9 Å². The Morgan fingerprint density at radius 1 is 1.00 bits per heavy atom. The average molecular weight is 308 g/mol. The smallest absolute Gasteiger partial charge is 0.253 e. The van der Waals surface area contributed by atoms with Crippen molar-refractivity contribution in [2.45, 2.75) is 10.6 Å². The lowest BCUT2D eigenvalue weighted by Crippen LogP contribution is -2.21. The molecule has 0 amide bonds. The maximum Gasteiger partial charge on any atom is 0.253 e. The van der Waals surface area contributed by atoms with Crippen LogP contribution in [0.15, 0.2) is 76.4 Å². The molecule has 0 unspecified atom stereocenters. The van der Waals surface area contributed by atoms with E-state index in [0.29, 0.717) is 5.75 Å². The largest absolute Gasteiger partial charge is 0.299 e. The third kappa shape index (κ3) is 3.28. The van der Waals surface area contributed by atoms with Crippen molar-refractivity contribution in [1.29, 1.82) is 0 Å². The second-order valence-corrected chi connectivity index (χ2v) is 5.97. The highest BCUT2D eigenvalue weighted by atomic mass is 32.2. The fourth-order valence-corrected chi connectivity index (χ4v) is 3.04. The van der Waals surface area contributed by atoms with Crippen molar-refractivity contribution in [3.8, 4) is 11.3 Å². The molecule has 3 nitrogen and oxygen atoms in total. The molecule has 0 saturated heterocycles. The number of aromatic nitrogens is 2. The van der Waals surface area contributed by atoms with Gasteiger partial charge in [-0.1, -0.05) is 48.5 Å². The van der Waals surface area contributed by atoms with Crippen molar-refractivity contribution in [2.75, 3.05) is 0 Å². The van der Waals surface area contributed by atoms with Gasteiger partial charge in [-0.2, -0.15) is 0 Å². The summed E-state index contributed by atoms with van der Waals surface area (Å²) in [5.74, 6) is 1.44. The minimum Gasteiger partial charge on any atom is -0.299 e. The molecule has 22 heavy (non-hydrogen) atoms. The summed E-state index contributed by atoms with van der Waals surface area (Å²) in [7, 11) is 1.77. The first-order valence-corrected chi connectivity index (χ1v) is 8.03. The summed E-state index contributed by atoms with van der Waals surface area (Å²) in [6.45, 7) is 0. The van der Waals surface area contributed by atoms with Crippen molar-refractivity contribution >= 4 is 11.8 Å². The van der Waals surface area contributed by atoms with Crippen LogP contribution < -0.4 is 5.56 Å². The van der Waals surface area contributed by atoms with Gasteiger partial charge in [-0.15, -0.1) is 11.8 Å². The molecule has 1 aromatic heterocycles. The summed E-state index contributed by atoms with van der Waals surface area (Å²) in [5, 5.41) is 0. The van der Waals surface area contributed by atoms with E-state index in [1.54, 1.807) is 29.4 Å². The molecular formula is C18H16N2OS. The molecule has 0 N–H and O–H groups in total. The highest BCUT2D eigenvalue weighted by Gasteiger charge is 2.08. The predicted octanol–water partition coefficient (Wildman–Crippen LogP) is 3.74. The Labute approximate surface area is 133 Å². The van der Waals surface area contributed by atoms with Crippen LogP contribution in [0, 0.1) is 0 Å². The van der Waals surface area contributed by atoms with Gasteiger partial charge in [0, 0.05) is 23.6 Å². The van der Waals surface area contributed by atoms with Gasteiger partial charge in [0.2, 0.25) is 0 Å². The lowest BCUT2D eigenvalue weighted by Gasteiger charge is -2.09.